The molecular formula is C11H15NO2. The van der Waals surface area contributed by atoms with E-state index in [2.05, 4.69) is 11.9 Å². The standard InChI is InChI=1S/C11H15NO2/c1-3-8-6-10(14-9-4-5-9)11(13-2)7-12-8/h6-7,9H,3-5H2,1-2H3. The molecule has 3 heteroatoms. The largest absolute Gasteiger partial charge is 0.491 e. The highest BCUT2D eigenvalue weighted by molar-refractivity contribution is 5.39. The fourth-order valence-corrected chi connectivity index (χ4v) is 1.27. The quantitative estimate of drug-likeness (QED) is 0.734. The number of methoxy groups -OCH3 is 1. The molecule has 1 heterocycles. The maximum atomic E-state index is 5.72. The van der Waals surface area contributed by atoms with E-state index in [-0.39, 0.29) is 0 Å². The number of ether oxygens (including phenoxy) is 2. The van der Waals surface area contributed by atoms with Gasteiger partial charge in [-0.3, -0.25) is 4.98 Å². The van der Waals surface area contributed by atoms with Crippen LogP contribution in [0.4, 0.5) is 0 Å². The summed E-state index contributed by atoms with van der Waals surface area (Å²) in [5, 5.41) is 0. The van der Waals surface area contributed by atoms with E-state index in [1.807, 2.05) is 6.07 Å². The molecule has 1 fully saturated rings. The van der Waals surface area contributed by atoms with Crippen LogP contribution in [-0.2, 0) is 6.42 Å². The van der Waals surface area contributed by atoms with Gasteiger partial charge in [0, 0.05) is 11.8 Å². The Bertz CT molecular complexity index is 321. The minimum Gasteiger partial charge on any atom is -0.491 e. The second-order valence-electron chi connectivity index (χ2n) is 3.50. The van der Waals surface area contributed by atoms with Gasteiger partial charge in [-0.15, -0.1) is 0 Å². The Morgan fingerprint density at radius 1 is 1.43 bits per heavy atom. The Morgan fingerprint density at radius 2 is 2.21 bits per heavy atom. The summed E-state index contributed by atoms with van der Waals surface area (Å²) in [7, 11) is 1.64. The summed E-state index contributed by atoms with van der Waals surface area (Å²) in [5.41, 5.74) is 1.04. The second kappa shape index (κ2) is 3.86. The molecular weight excluding hydrogens is 178 g/mol. The number of hydrogen-bond donors (Lipinski definition) is 0. The highest BCUT2D eigenvalue weighted by atomic mass is 16.5. The van der Waals surface area contributed by atoms with Crippen molar-refractivity contribution in [3.05, 3.63) is 18.0 Å². The van der Waals surface area contributed by atoms with Gasteiger partial charge in [0.2, 0.25) is 0 Å². The van der Waals surface area contributed by atoms with Gasteiger partial charge in [-0.05, 0) is 19.3 Å². The molecule has 1 aromatic rings. The molecule has 1 saturated carbocycles. The Hall–Kier alpha value is -1.25. The minimum absolute atomic E-state index is 0.399. The van der Waals surface area contributed by atoms with Crippen molar-refractivity contribution in [2.45, 2.75) is 32.3 Å². The molecule has 2 rings (SSSR count). The van der Waals surface area contributed by atoms with Gasteiger partial charge in [0.1, 0.15) is 0 Å². The lowest BCUT2D eigenvalue weighted by molar-refractivity contribution is 0.281. The average molecular weight is 193 g/mol. The van der Waals surface area contributed by atoms with Crippen molar-refractivity contribution in [3.8, 4) is 11.5 Å². The zero-order valence-corrected chi connectivity index (χ0v) is 8.62. The van der Waals surface area contributed by atoms with E-state index < -0.39 is 0 Å². The lowest BCUT2D eigenvalue weighted by Crippen LogP contribution is -2.00. The second-order valence-corrected chi connectivity index (χ2v) is 3.50. The molecule has 1 aromatic heterocycles. The first-order chi connectivity index (χ1) is 6.83. The van der Waals surface area contributed by atoms with Crippen molar-refractivity contribution in [2.75, 3.05) is 7.11 Å². The van der Waals surface area contributed by atoms with Crippen molar-refractivity contribution in [1.82, 2.24) is 4.98 Å². The highest BCUT2D eigenvalue weighted by Crippen LogP contribution is 2.33. The average Bonchev–Trinajstić information content (AvgIpc) is 3.01. The van der Waals surface area contributed by atoms with E-state index in [0.29, 0.717) is 6.10 Å². The SMILES string of the molecule is CCc1cc(OC2CC2)c(OC)cn1. The van der Waals surface area contributed by atoms with Crippen LogP contribution in [0.2, 0.25) is 0 Å². The molecule has 0 atom stereocenters. The fourth-order valence-electron chi connectivity index (χ4n) is 1.27. The normalized spacial score (nSPS) is 15.3. The fraction of sp³-hybridized carbons (Fsp3) is 0.545. The molecule has 0 N–H and O–H groups in total. The Labute approximate surface area is 84.1 Å². The number of nitrogens with zero attached hydrogens (tertiary/aromatic N) is 1. The Kier molecular flexibility index (Phi) is 2.57. The van der Waals surface area contributed by atoms with E-state index in [1.54, 1.807) is 13.3 Å². The van der Waals surface area contributed by atoms with E-state index in [1.165, 1.54) is 0 Å². The van der Waals surface area contributed by atoms with E-state index in [0.717, 1.165) is 36.5 Å². The van der Waals surface area contributed by atoms with Gasteiger partial charge in [0.25, 0.3) is 0 Å². The van der Waals surface area contributed by atoms with Crippen LogP contribution < -0.4 is 9.47 Å². The topological polar surface area (TPSA) is 31.4 Å². The van der Waals surface area contributed by atoms with Crippen molar-refractivity contribution < 1.29 is 9.47 Å². The third-order valence-electron chi connectivity index (χ3n) is 2.29. The monoisotopic (exact) mass is 193 g/mol. The molecule has 0 aromatic carbocycles. The highest BCUT2D eigenvalue weighted by Gasteiger charge is 2.25. The van der Waals surface area contributed by atoms with Crippen molar-refractivity contribution in [3.63, 3.8) is 0 Å². The number of aryl methyl sites for hydroxylation is 1. The molecule has 0 radical (unpaired) electrons. The summed E-state index contributed by atoms with van der Waals surface area (Å²) in [6.45, 7) is 2.08. The minimum atomic E-state index is 0.399. The van der Waals surface area contributed by atoms with Crippen LogP contribution in [0.1, 0.15) is 25.5 Å². The molecule has 0 amide bonds. The lowest BCUT2D eigenvalue weighted by Gasteiger charge is -2.10. The molecule has 0 aliphatic heterocycles. The van der Waals surface area contributed by atoms with Crippen LogP contribution in [0.25, 0.3) is 0 Å². The molecule has 1 aliphatic rings. The molecule has 0 unspecified atom stereocenters. The summed E-state index contributed by atoms with van der Waals surface area (Å²) >= 11 is 0. The predicted molar refractivity (Wildman–Crippen MR) is 53.8 cm³/mol. The summed E-state index contributed by atoms with van der Waals surface area (Å²) in [5.74, 6) is 1.57. The molecule has 14 heavy (non-hydrogen) atoms. The number of aromatic nitrogens is 1. The molecule has 0 spiro atoms. The Morgan fingerprint density at radius 3 is 2.79 bits per heavy atom. The van der Waals surface area contributed by atoms with Crippen LogP contribution >= 0.6 is 0 Å². The van der Waals surface area contributed by atoms with Gasteiger partial charge >= 0.3 is 0 Å². The van der Waals surface area contributed by atoms with E-state index >= 15 is 0 Å². The maximum absolute atomic E-state index is 5.72. The van der Waals surface area contributed by atoms with Crippen LogP contribution in [0.15, 0.2) is 12.3 Å². The van der Waals surface area contributed by atoms with E-state index in [4.69, 9.17) is 9.47 Å². The summed E-state index contributed by atoms with van der Waals surface area (Å²) in [6, 6.07) is 1.97. The summed E-state index contributed by atoms with van der Waals surface area (Å²) < 4.78 is 10.9. The molecule has 1 aliphatic carbocycles. The van der Waals surface area contributed by atoms with Gasteiger partial charge in [0.15, 0.2) is 11.5 Å². The van der Waals surface area contributed by atoms with Crippen LogP contribution in [0.5, 0.6) is 11.5 Å². The van der Waals surface area contributed by atoms with Gasteiger partial charge in [-0.1, -0.05) is 6.92 Å². The predicted octanol–water partition coefficient (Wildman–Crippen LogP) is 2.19. The Balaban J connectivity index is 2.21. The number of hydrogen-bond acceptors (Lipinski definition) is 3. The summed E-state index contributed by atoms with van der Waals surface area (Å²) in [4.78, 5) is 4.25. The third-order valence-corrected chi connectivity index (χ3v) is 2.29. The van der Waals surface area contributed by atoms with Crippen molar-refractivity contribution in [2.24, 2.45) is 0 Å². The third kappa shape index (κ3) is 1.97. The number of rotatable bonds is 4. The first-order valence-corrected chi connectivity index (χ1v) is 5.03. The first kappa shape index (κ1) is 9.31. The summed E-state index contributed by atoms with van der Waals surface area (Å²) in [6.07, 6.45) is 5.37. The molecule has 3 nitrogen and oxygen atoms in total. The molecule has 76 valence electrons. The van der Waals surface area contributed by atoms with E-state index in [9.17, 15) is 0 Å². The zero-order chi connectivity index (χ0) is 9.97. The number of pyridine rings is 1. The molecule has 0 saturated heterocycles. The lowest BCUT2D eigenvalue weighted by atomic mass is 10.3. The zero-order valence-electron chi connectivity index (χ0n) is 8.62. The van der Waals surface area contributed by atoms with Gasteiger partial charge < -0.3 is 9.47 Å². The van der Waals surface area contributed by atoms with Gasteiger partial charge in [0.05, 0.1) is 19.4 Å². The van der Waals surface area contributed by atoms with Gasteiger partial charge in [-0.2, -0.15) is 0 Å². The first-order valence-electron chi connectivity index (χ1n) is 5.03. The van der Waals surface area contributed by atoms with Crippen LogP contribution in [0, 0.1) is 0 Å². The van der Waals surface area contributed by atoms with Gasteiger partial charge in [-0.25, -0.2) is 0 Å². The maximum Gasteiger partial charge on any atom is 0.179 e. The van der Waals surface area contributed by atoms with Crippen molar-refractivity contribution in [1.29, 1.82) is 0 Å². The van der Waals surface area contributed by atoms with Crippen molar-refractivity contribution >= 4 is 0 Å². The van der Waals surface area contributed by atoms with Crippen LogP contribution in [0.3, 0.4) is 0 Å². The molecule has 0 bridgehead atoms. The smallest absolute Gasteiger partial charge is 0.179 e. The van der Waals surface area contributed by atoms with Crippen LogP contribution in [-0.4, -0.2) is 18.2 Å².